The molecule has 7 rings (SSSR count). The molecule has 0 aliphatic carbocycles. The Hall–Kier alpha value is -6.83. The number of carbonyl (C=O) groups is 3. The zero-order valence-electron chi connectivity index (χ0n) is 34.2. The summed E-state index contributed by atoms with van der Waals surface area (Å²) in [5.74, 6) is -4.11. The van der Waals surface area contributed by atoms with E-state index in [0.717, 1.165) is 50.5 Å². The molecule has 328 valence electrons. The number of carboxylic acids is 1. The quantitative estimate of drug-likeness (QED) is 0.0864. The molecule has 3 aromatic carbocycles. The number of rotatable bonds is 15. The number of aliphatic carboxylic acids is 1. The molecule has 62 heavy (non-hydrogen) atoms. The van der Waals surface area contributed by atoms with Gasteiger partial charge in [0.2, 0.25) is 6.29 Å². The summed E-state index contributed by atoms with van der Waals surface area (Å²) < 4.78 is 60.0. The molecular weight excluding hydrogens is 815 g/mol. The highest BCUT2D eigenvalue weighted by Gasteiger charge is 2.45. The fourth-order valence-electron chi connectivity index (χ4n) is 7.84. The van der Waals surface area contributed by atoms with Crippen LogP contribution < -0.4 is 20.2 Å². The van der Waals surface area contributed by atoms with E-state index in [4.69, 9.17) is 24.1 Å². The molecule has 0 spiro atoms. The van der Waals surface area contributed by atoms with Crippen molar-refractivity contribution in [3.63, 3.8) is 0 Å². The van der Waals surface area contributed by atoms with Gasteiger partial charge in [-0.2, -0.15) is 10.2 Å². The predicted molar refractivity (Wildman–Crippen MR) is 216 cm³/mol. The second-order valence-corrected chi connectivity index (χ2v) is 15.1. The number of carboxylic acid groups (broad SMARTS) is 1. The molecule has 20 heteroatoms. The molecular formula is C42H46F2N8O10. The zero-order chi connectivity index (χ0) is 44.0. The number of hydrogen-bond donors (Lipinski definition) is 1. The van der Waals surface area contributed by atoms with Gasteiger partial charge in [0.1, 0.15) is 48.1 Å². The van der Waals surface area contributed by atoms with Crippen molar-refractivity contribution in [3.05, 3.63) is 113 Å². The van der Waals surface area contributed by atoms with Gasteiger partial charge in [0, 0.05) is 62.0 Å². The molecule has 2 aromatic heterocycles. The first-order valence-electron chi connectivity index (χ1n) is 20.0. The highest BCUT2D eigenvalue weighted by Crippen LogP contribution is 2.42. The van der Waals surface area contributed by atoms with Crippen molar-refractivity contribution < 1.29 is 52.0 Å². The van der Waals surface area contributed by atoms with Gasteiger partial charge in [-0.1, -0.05) is 13.0 Å². The average molecular weight is 861 g/mol. The number of nitrogens with zero attached hydrogens (tertiary/aromatic N) is 8. The van der Waals surface area contributed by atoms with E-state index in [9.17, 15) is 23.6 Å². The van der Waals surface area contributed by atoms with Gasteiger partial charge in [0.25, 0.3) is 0 Å². The molecule has 5 aromatic rings. The maximum Gasteiger partial charge on any atom is 0.511 e. The van der Waals surface area contributed by atoms with E-state index in [1.807, 2.05) is 48.5 Å². The van der Waals surface area contributed by atoms with Crippen LogP contribution >= 0.6 is 0 Å². The molecule has 0 amide bonds. The van der Waals surface area contributed by atoms with Crippen LogP contribution in [0.5, 0.6) is 5.75 Å². The average Bonchev–Trinajstić information content (AvgIpc) is 4.02. The van der Waals surface area contributed by atoms with Crippen LogP contribution in [0.3, 0.4) is 0 Å². The highest BCUT2D eigenvalue weighted by molar-refractivity contribution is 6.28. The predicted octanol–water partition coefficient (Wildman–Crippen LogP) is 4.71. The number of carbonyl (C=O) groups excluding carboxylic acids is 2. The number of hydrogen-bond acceptors (Lipinski definition) is 14. The minimum atomic E-state index is -1.84. The minimum Gasteiger partial charge on any atom is -0.493 e. The first-order valence-corrected chi connectivity index (χ1v) is 20.0. The van der Waals surface area contributed by atoms with Crippen LogP contribution in [0, 0.1) is 17.6 Å². The summed E-state index contributed by atoms with van der Waals surface area (Å²) in [6.45, 7) is 8.50. The van der Waals surface area contributed by atoms with Crippen LogP contribution in [0.15, 0.2) is 90.5 Å². The Kier molecular flexibility index (Phi) is 13.1. The van der Waals surface area contributed by atoms with Crippen LogP contribution in [0.25, 0.3) is 5.69 Å². The summed E-state index contributed by atoms with van der Waals surface area (Å²) in [7, 11) is 0. The van der Waals surface area contributed by atoms with Crippen molar-refractivity contribution in [2.24, 2.45) is 5.92 Å². The second kappa shape index (κ2) is 18.8. The standard InChI is InChI=1S/C42H46F2N8O10/c1-4-37(27(2)60-41(57)62-28(3)61-39(55)38(53)54)52-40(56)51(26-47-52)33-8-6-31(7-9-33)48-15-17-49(18-16-48)32-10-12-34(13-11-32)58-21-29-20-42(59-22-29,23-50-25-45-24-46-50)35-14-5-30(43)19-36(35)44/h5-14,19,24-29,37H,4,15-18,20-23H2,1-3H3,(H,53,54)/t27-,28?,29+,37-,42-/m0/s1. The van der Waals surface area contributed by atoms with Gasteiger partial charge < -0.3 is 38.6 Å². The molecule has 2 aliphatic heterocycles. The van der Waals surface area contributed by atoms with E-state index in [2.05, 4.69) is 29.7 Å². The number of anilines is 2. The van der Waals surface area contributed by atoms with Gasteiger partial charge in [-0.25, -0.2) is 46.9 Å². The lowest BCUT2D eigenvalue weighted by molar-refractivity contribution is -0.180. The van der Waals surface area contributed by atoms with Crippen molar-refractivity contribution in [1.29, 1.82) is 0 Å². The number of benzene rings is 3. The van der Waals surface area contributed by atoms with E-state index in [1.165, 1.54) is 40.4 Å². The lowest BCUT2D eigenvalue weighted by Gasteiger charge is -2.37. The maximum atomic E-state index is 15.0. The molecule has 2 fully saturated rings. The molecule has 4 heterocycles. The fraction of sp³-hybridized carbons (Fsp3) is 0.405. The topological polar surface area (TPSA) is 195 Å². The van der Waals surface area contributed by atoms with Gasteiger partial charge in [0.15, 0.2) is 0 Å². The van der Waals surface area contributed by atoms with Crippen molar-refractivity contribution in [2.45, 2.75) is 64.2 Å². The van der Waals surface area contributed by atoms with Crippen molar-refractivity contribution in [1.82, 2.24) is 29.1 Å². The van der Waals surface area contributed by atoms with Gasteiger partial charge in [0.05, 0.1) is 31.5 Å². The minimum absolute atomic E-state index is 0.0483. The molecule has 18 nitrogen and oxygen atoms in total. The van der Waals surface area contributed by atoms with Gasteiger partial charge in [-0.3, -0.25) is 0 Å². The van der Waals surface area contributed by atoms with Gasteiger partial charge in [-0.15, -0.1) is 0 Å². The summed E-state index contributed by atoms with van der Waals surface area (Å²) >= 11 is 0. The van der Waals surface area contributed by atoms with E-state index < -0.39 is 59.5 Å². The third-order valence-corrected chi connectivity index (χ3v) is 10.9. The Morgan fingerprint density at radius 1 is 0.887 bits per heavy atom. The first-order chi connectivity index (χ1) is 29.8. The third-order valence-electron chi connectivity index (χ3n) is 10.9. The number of piperazine rings is 1. The first kappa shape index (κ1) is 43.3. The highest BCUT2D eigenvalue weighted by atomic mass is 19.1. The Balaban J connectivity index is 0.892. The summed E-state index contributed by atoms with van der Waals surface area (Å²) in [6, 6.07) is 18.3. The van der Waals surface area contributed by atoms with Crippen LogP contribution in [-0.4, -0.2) is 104 Å². The largest absolute Gasteiger partial charge is 0.511 e. The second-order valence-electron chi connectivity index (χ2n) is 15.1. The summed E-state index contributed by atoms with van der Waals surface area (Å²) in [6.07, 6.45) is 1.54. The maximum absolute atomic E-state index is 15.0. The van der Waals surface area contributed by atoms with Crippen molar-refractivity contribution in [3.8, 4) is 11.4 Å². The Labute approximate surface area is 354 Å². The van der Waals surface area contributed by atoms with E-state index in [-0.39, 0.29) is 18.0 Å². The molecule has 0 bridgehead atoms. The summed E-state index contributed by atoms with van der Waals surface area (Å²) in [5.41, 5.74) is 1.42. The number of halogens is 2. The smallest absolute Gasteiger partial charge is 0.493 e. The number of ether oxygens (including phenoxy) is 5. The van der Waals surface area contributed by atoms with Crippen LogP contribution in [-0.2, 0) is 40.7 Å². The van der Waals surface area contributed by atoms with Gasteiger partial charge in [-0.05, 0) is 74.4 Å². The lowest BCUT2D eigenvalue weighted by Crippen LogP contribution is -2.46. The fourth-order valence-corrected chi connectivity index (χ4v) is 7.84. The molecule has 5 atom stereocenters. The molecule has 0 radical (unpaired) electrons. The number of aromatic nitrogens is 6. The SMILES string of the molecule is CC[C@@H]([C@H](C)OC(=O)OC(C)OC(=O)C(=O)O)n1ncn(-c2ccc(N3CCN(c4ccc(OC[C@@H]5CO[C@@](Cn6cncn6)(c6ccc(F)cc6F)C5)cc4)CC3)cc2)c1=O. The molecule has 1 N–H and O–H groups in total. The van der Waals surface area contributed by atoms with Crippen molar-refractivity contribution in [2.75, 3.05) is 49.2 Å². The van der Waals surface area contributed by atoms with E-state index >= 15 is 4.39 Å². The van der Waals surface area contributed by atoms with Gasteiger partial charge >= 0.3 is 23.8 Å². The molecule has 1 unspecified atom stereocenters. The Morgan fingerprint density at radius 2 is 1.55 bits per heavy atom. The van der Waals surface area contributed by atoms with E-state index in [1.54, 1.807) is 18.5 Å². The van der Waals surface area contributed by atoms with Crippen LogP contribution in [0.2, 0.25) is 0 Å². The Morgan fingerprint density at radius 3 is 2.16 bits per heavy atom. The molecule has 2 saturated heterocycles. The molecule has 2 aliphatic rings. The summed E-state index contributed by atoms with van der Waals surface area (Å²) in [5, 5.41) is 17.1. The third kappa shape index (κ3) is 9.86. The zero-order valence-corrected chi connectivity index (χ0v) is 34.2. The number of esters is 1. The van der Waals surface area contributed by atoms with Crippen LogP contribution in [0.4, 0.5) is 25.0 Å². The monoisotopic (exact) mass is 860 g/mol. The Bertz CT molecular complexity index is 2390. The summed E-state index contributed by atoms with van der Waals surface area (Å²) in [4.78, 5) is 56.2. The lowest BCUT2D eigenvalue weighted by atomic mass is 9.87. The van der Waals surface area contributed by atoms with Crippen LogP contribution in [0.1, 0.15) is 45.2 Å². The molecule has 0 saturated carbocycles. The van der Waals surface area contributed by atoms with E-state index in [0.29, 0.717) is 37.5 Å². The normalized spacial score (nSPS) is 19.1. The van der Waals surface area contributed by atoms with Crippen molar-refractivity contribution >= 4 is 29.5 Å².